The Balaban J connectivity index is 1.44. The van der Waals surface area contributed by atoms with Crippen LogP contribution >= 0.6 is 0 Å². The molecule has 0 bridgehead atoms. The molecule has 1 aliphatic rings. The molecular formula is C32H37N7O4. The molecule has 1 saturated carbocycles. The molecule has 2 amide bonds. The third kappa shape index (κ3) is 7.54. The Morgan fingerprint density at radius 2 is 1.74 bits per heavy atom. The summed E-state index contributed by atoms with van der Waals surface area (Å²) < 4.78 is 10.9. The van der Waals surface area contributed by atoms with Gasteiger partial charge in [0.1, 0.15) is 6.54 Å². The number of pyridine rings is 1. The molecule has 224 valence electrons. The SMILES string of the molecule is COc1ccc(CCN(C(=O)Cn2nnc(-c3ccccc3)n2)[C@H](C(=O)NC2CCCCC2)c2ccccn2)cc1OC. The number of nitrogens with zero attached hydrogens (tertiary/aromatic N) is 6. The van der Waals surface area contributed by atoms with Crippen LogP contribution in [-0.4, -0.2) is 68.7 Å². The Morgan fingerprint density at radius 1 is 0.977 bits per heavy atom. The molecule has 1 atom stereocenters. The van der Waals surface area contributed by atoms with Gasteiger partial charge in [-0.15, -0.1) is 10.2 Å². The highest BCUT2D eigenvalue weighted by Crippen LogP contribution is 2.29. The van der Waals surface area contributed by atoms with Crippen LogP contribution in [0.3, 0.4) is 0 Å². The van der Waals surface area contributed by atoms with Crippen molar-refractivity contribution in [3.05, 3.63) is 84.2 Å². The molecule has 2 aromatic heterocycles. The monoisotopic (exact) mass is 583 g/mol. The highest BCUT2D eigenvalue weighted by Gasteiger charge is 2.34. The van der Waals surface area contributed by atoms with Crippen LogP contribution in [0.5, 0.6) is 11.5 Å². The summed E-state index contributed by atoms with van der Waals surface area (Å²) in [6, 6.07) is 19.6. The molecule has 0 spiro atoms. The first-order valence-corrected chi connectivity index (χ1v) is 14.6. The van der Waals surface area contributed by atoms with Gasteiger partial charge in [-0.3, -0.25) is 14.6 Å². The van der Waals surface area contributed by atoms with Crippen molar-refractivity contribution in [3.63, 3.8) is 0 Å². The summed E-state index contributed by atoms with van der Waals surface area (Å²) >= 11 is 0. The number of tetrazole rings is 1. The van der Waals surface area contributed by atoms with Crippen LogP contribution in [0.25, 0.3) is 11.4 Å². The van der Waals surface area contributed by atoms with Crippen LogP contribution in [0, 0.1) is 0 Å². The smallest absolute Gasteiger partial charge is 0.249 e. The zero-order valence-corrected chi connectivity index (χ0v) is 24.6. The van der Waals surface area contributed by atoms with Crippen molar-refractivity contribution in [2.75, 3.05) is 20.8 Å². The van der Waals surface area contributed by atoms with E-state index in [2.05, 4.69) is 25.7 Å². The summed E-state index contributed by atoms with van der Waals surface area (Å²) in [6.45, 7) is 0.0553. The fourth-order valence-corrected chi connectivity index (χ4v) is 5.41. The quantitative estimate of drug-likeness (QED) is 0.265. The molecule has 11 heteroatoms. The van der Waals surface area contributed by atoms with E-state index in [9.17, 15) is 9.59 Å². The third-order valence-electron chi connectivity index (χ3n) is 7.65. The summed E-state index contributed by atoms with van der Waals surface area (Å²) in [5.41, 5.74) is 2.21. The number of hydrogen-bond acceptors (Lipinski definition) is 8. The van der Waals surface area contributed by atoms with Gasteiger partial charge < -0.3 is 19.7 Å². The first kappa shape index (κ1) is 29.7. The van der Waals surface area contributed by atoms with Gasteiger partial charge in [0, 0.05) is 24.3 Å². The minimum atomic E-state index is -0.937. The van der Waals surface area contributed by atoms with Crippen molar-refractivity contribution in [3.8, 4) is 22.9 Å². The number of nitrogens with one attached hydrogen (secondary N) is 1. The highest BCUT2D eigenvalue weighted by atomic mass is 16.5. The van der Waals surface area contributed by atoms with E-state index < -0.39 is 6.04 Å². The molecule has 0 radical (unpaired) electrons. The van der Waals surface area contributed by atoms with Gasteiger partial charge in [-0.1, -0.05) is 61.7 Å². The summed E-state index contributed by atoms with van der Waals surface area (Å²) in [7, 11) is 3.17. The van der Waals surface area contributed by atoms with Crippen molar-refractivity contribution < 1.29 is 19.1 Å². The van der Waals surface area contributed by atoms with E-state index in [0.717, 1.165) is 36.8 Å². The van der Waals surface area contributed by atoms with Crippen LogP contribution in [0.2, 0.25) is 0 Å². The average Bonchev–Trinajstić information content (AvgIpc) is 3.52. The number of ether oxygens (including phenoxy) is 2. The van der Waals surface area contributed by atoms with E-state index in [1.54, 1.807) is 37.4 Å². The van der Waals surface area contributed by atoms with Crippen molar-refractivity contribution in [1.29, 1.82) is 0 Å². The lowest BCUT2D eigenvalue weighted by Gasteiger charge is -2.32. The fourth-order valence-electron chi connectivity index (χ4n) is 5.41. The molecule has 0 unspecified atom stereocenters. The third-order valence-corrected chi connectivity index (χ3v) is 7.65. The summed E-state index contributed by atoms with van der Waals surface area (Å²) in [6.07, 6.45) is 7.26. The van der Waals surface area contributed by atoms with E-state index in [0.29, 0.717) is 29.4 Å². The minimum absolute atomic E-state index is 0.0701. The van der Waals surface area contributed by atoms with Gasteiger partial charge in [-0.25, -0.2) is 0 Å². The second-order valence-corrected chi connectivity index (χ2v) is 10.5. The highest BCUT2D eigenvalue weighted by molar-refractivity contribution is 5.88. The Bertz CT molecular complexity index is 1490. The largest absolute Gasteiger partial charge is 0.493 e. The van der Waals surface area contributed by atoms with Gasteiger partial charge in [-0.05, 0) is 54.3 Å². The average molecular weight is 584 g/mol. The molecule has 4 aromatic rings. The second-order valence-electron chi connectivity index (χ2n) is 10.5. The standard InChI is InChI=1S/C32H37N7O4/c1-42-27-17-16-23(21-28(27)43-2)18-20-38(29(40)22-39-36-31(35-37-39)24-11-5-3-6-12-24)30(26-15-9-10-19-33-26)32(41)34-25-13-7-4-8-14-25/h3,5-6,9-12,15-17,19,21,25,30H,4,7-8,13-14,18,20,22H2,1-2H3,(H,34,41)/t30-/m0/s1. The van der Waals surface area contributed by atoms with Gasteiger partial charge in [0.15, 0.2) is 17.5 Å². The van der Waals surface area contributed by atoms with Gasteiger partial charge in [0.25, 0.3) is 0 Å². The Morgan fingerprint density at radius 3 is 2.47 bits per heavy atom. The minimum Gasteiger partial charge on any atom is -0.493 e. The number of amides is 2. The lowest BCUT2D eigenvalue weighted by Crippen LogP contribution is -2.48. The number of carbonyl (C=O) groups excluding carboxylic acids is 2. The van der Waals surface area contributed by atoms with Crippen molar-refractivity contribution in [2.24, 2.45) is 0 Å². The second kappa shape index (κ2) is 14.4. The van der Waals surface area contributed by atoms with Crippen molar-refractivity contribution in [2.45, 2.75) is 57.2 Å². The Hall–Kier alpha value is -4.80. The predicted octanol–water partition coefficient (Wildman–Crippen LogP) is 4.01. The van der Waals surface area contributed by atoms with Crippen LogP contribution < -0.4 is 14.8 Å². The maximum atomic E-state index is 14.1. The first-order valence-electron chi connectivity index (χ1n) is 14.6. The van der Waals surface area contributed by atoms with Gasteiger partial charge in [0.2, 0.25) is 17.6 Å². The Labute approximate surface area is 251 Å². The van der Waals surface area contributed by atoms with Crippen molar-refractivity contribution in [1.82, 2.24) is 35.4 Å². The van der Waals surface area contributed by atoms with E-state index >= 15 is 0 Å². The fraction of sp³-hybridized carbons (Fsp3) is 0.375. The molecule has 1 aliphatic carbocycles. The van der Waals surface area contributed by atoms with E-state index in [4.69, 9.17) is 9.47 Å². The summed E-state index contributed by atoms with van der Waals surface area (Å²) in [5.74, 6) is 1.05. The lowest BCUT2D eigenvalue weighted by molar-refractivity contribution is -0.142. The maximum Gasteiger partial charge on any atom is 0.249 e. The maximum absolute atomic E-state index is 14.1. The van der Waals surface area contributed by atoms with E-state index in [1.807, 2.05) is 54.6 Å². The molecule has 0 saturated heterocycles. The zero-order chi connectivity index (χ0) is 30.0. The molecule has 2 aromatic carbocycles. The number of carbonyl (C=O) groups is 2. The summed E-state index contributed by atoms with van der Waals surface area (Å²) in [5, 5.41) is 15.9. The Kier molecular flexibility index (Phi) is 9.94. The molecule has 1 fully saturated rings. The predicted molar refractivity (Wildman–Crippen MR) is 160 cm³/mol. The molecule has 5 rings (SSSR count). The molecule has 1 N–H and O–H groups in total. The molecule has 43 heavy (non-hydrogen) atoms. The zero-order valence-electron chi connectivity index (χ0n) is 24.6. The van der Waals surface area contributed by atoms with Crippen LogP contribution in [0.15, 0.2) is 72.9 Å². The topological polar surface area (TPSA) is 124 Å². The normalized spacial score (nSPS) is 14.1. The number of rotatable bonds is 12. The van der Waals surface area contributed by atoms with Crippen LogP contribution in [-0.2, 0) is 22.6 Å². The van der Waals surface area contributed by atoms with Gasteiger partial charge in [0.05, 0.1) is 19.9 Å². The van der Waals surface area contributed by atoms with Crippen LogP contribution in [0.1, 0.15) is 49.4 Å². The molecular weight excluding hydrogens is 546 g/mol. The number of aromatic nitrogens is 5. The lowest BCUT2D eigenvalue weighted by atomic mass is 9.95. The van der Waals surface area contributed by atoms with Gasteiger partial charge in [-0.2, -0.15) is 4.80 Å². The van der Waals surface area contributed by atoms with Crippen molar-refractivity contribution >= 4 is 11.8 Å². The number of hydrogen-bond donors (Lipinski definition) is 1. The van der Waals surface area contributed by atoms with E-state index in [1.165, 1.54) is 11.2 Å². The first-order chi connectivity index (χ1) is 21.1. The number of methoxy groups -OCH3 is 2. The molecule has 11 nitrogen and oxygen atoms in total. The number of benzene rings is 2. The van der Waals surface area contributed by atoms with Gasteiger partial charge >= 0.3 is 0 Å². The summed E-state index contributed by atoms with van der Waals surface area (Å²) in [4.78, 5) is 35.4. The molecule has 0 aliphatic heterocycles. The van der Waals surface area contributed by atoms with Crippen LogP contribution in [0.4, 0.5) is 0 Å². The molecule has 2 heterocycles. The van der Waals surface area contributed by atoms with E-state index in [-0.39, 0.29) is 30.9 Å².